The van der Waals surface area contributed by atoms with Crippen molar-refractivity contribution in [2.45, 2.75) is 27.3 Å². The van der Waals surface area contributed by atoms with Gasteiger partial charge in [-0.15, -0.1) is 5.10 Å². The summed E-state index contributed by atoms with van der Waals surface area (Å²) in [5, 5.41) is 11.6. The van der Waals surface area contributed by atoms with Crippen LogP contribution in [-0.2, 0) is 6.54 Å². The van der Waals surface area contributed by atoms with Crippen molar-refractivity contribution >= 4 is 11.6 Å². The fraction of sp³-hybridized carbons (Fsp3) is 0.222. The molecule has 3 aromatic rings. The van der Waals surface area contributed by atoms with Crippen molar-refractivity contribution in [1.82, 2.24) is 25.0 Å². The summed E-state index contributed by atoms with van der Waals surface area (Å²) >= 11 is 0. The van der Waals surface area contributed by atoms with Crippen LogP contribution in [0.2, 0.25) is 0 Å². The second kappa shape index (κ2) is 6.62. The van der Waals surface area contributed by atoms with Gasteiger partial charge in [-0.05, 0) is 50.6 Å². The van der Waals surface area contributed by atoms with Gasteiger partial charge in [0.1, 0.15) is 5.69 Å². The second-order valence-electron chi connectivity index (χ2n) is 5.99. The molecule has 0 aliphatic rings. The zero-order valence-corrected chi connectivity index (χ0v) is 14.1. The van der Waals surface area contributed by atoms with Crippen LogP contribution in [0, 0.1) is 13.8 Å². The van der Waals surface area contributed by atoms with E-state index in [-0.39, 0.29) is 0 Å². The number of benzene rings is 1. The first-order chi connectivity index (χ1) is 11.5. The molecule has 0 bridgehead atoms. The Hall–Kier alpha value is -3.02. The highest BCUT2D eigenvalue weighted by Crippen LogP contribution is 2.24. The number of hydrogen-bond acceptors (Lipinski definition) is 5. The van der Waals surface area contributed by atoms with E-state index in [0.29, 0.717) is 12.5 Å². The Morgan fingerprint density at radius 3 is 2.83 bits per heavy atom. The van der Waals surface area contributed by atoms with E-state index < -0.39 is 0 Å². The maximum atomic E-state index is 4.37. The van der Waals surface area contributed by atoms with Crippen LogP contribution in [0.4, 0.5) is 11.6 Å². The highest BCUT2D eigenvalue weighted by molar-refractivity contribution is 5.68. The summed E-state index contributed by atoms with van der Waals surface area (Å²) in [6, 6.07) is 8.02. The molecular formula is C18H20N6. The summed E-state index contributed by atoms with van der Waals surface area (Å²) in [5.41, 5.74) is 5.83. The van der Waals surface area contributed by atoms with Gasteiger partial charge >= 0.3 is 0 Å². The molecule has 0 unspecified atom stereocenters. The largest absolute Gasteiger partial charge is 0.324 e. The zero-order chi connectivity index (χ0) is 17.1. The van der Waals surface area contributed by atoms with E-state index >= 15 is 0 Å². The molecule has 0 radical (unpaired) electrons. The lowest BCUT2D eigenvalue weighted by atomic mass is 10.1. The molecule has 0 aliphatic heterocycles. The van der Waals surface area contributed by atoms with E-state index in [1.165, 1.54) is 0 Å². The Balaban J connectivity index is 1.88. The lowest BCUT2D eigenvalue weighted by Gasteiger charge is -2.08. The number of hydrogen-bond donors (Lipinski definition) is 1. The maximum absolute atomic E-state index is 4.37. The van der Waals surface area contributed by atoms with Gasteiger partial charge in [0, 0.05) is 23.1 Å². The topological polar surface area (TPSA) is 68.5 Å². The molecule has 1 aromatic carbocycles. The molecule has 0 spiro atoms. The van der Waals surface area contributed by atoms with Gasteiger partial charge in [-0.3, -0.25) is 0 Å². The van der Waals surface area contributed by atoms with Gasteiger partial charge in [-0.1, -0.05) is 17.4 Å². The third-order valence-electron chi connectivity index (χ3n) is 3.39. The summed E-state index contributed by atoms with van der Waals surface area (Å²) in [5.74, 6) is 0.581. The fourth-order valence-corrected chi connectivity index (χ4v) is 2.43. The summed E-state index contributed by atoms with van der Waals surface area (Å²) < 4.78 is 1.79. The predicted octanol–water partition coefficient (Wildman–Crippen LogP) is 3.67. The first-order valence-electron chi connectivity index (χ1n) is 7.73. The van der Waals surface area contributed by atoms with E-state index in [1.54, 1.807) is 10.9 Å². The van der Waals surface area contributed by atoms with Crippen LogP contribution in [0.3, 0.4) is 0 Å². The molecule has 0 saturated heterocycles. The third-order valence-corrected chi connectivity index (χ3v) is 3.39. The molecule has 122 valence electrons. The standard InChI is InChI=1S/C18H20N6/c1-12(2)10-24-11-17(22-23-24)15-7-13(3)8-16(9-15)21-18-19-6-5-14(4)20-18/h5-9,11H,1,10H2,2-4H3,(H,19,20,21). The van der Waals surface area contributed by atoms with Crippen molar-refractivity contribution in [2.24, 2.45) is 0 Å². The Bertz CT molecular complexity index is 881. The van der Waals surface area contributed by atoms with Crippen molar-refractivity contribution in [3.63, 3.8) is 0 Å². The molecule has 0 atom stereocenters. The van der Waals surface area contributed by atoms with Crippen molar-refractivity contribution in [3.8, 4) is 11.3 Å². The number of aromatic nitrogens is 5. The highest BCUT2D eigenvalue weighted by Gasteiger charge is 2.07. The number of anilines is 2. The summed E-state index contributed by atoms with van der Waals surface area (Å²) in [7, 11) is 0. The van der Waals surface area contributed by atoms with Crippen LogP contribution in [0.15, 0.2) is 48.8 Å². The molecular weight excluding hydrogens is 300 g/mol. The quantitative estimate of drug-likeness (QED) is 0.726. The molecule has 0 saturated carbocycles. The van der Waals surface area contributed by atoms with Gasteiger partial charge in [0.25, 0.3) is 0 Å². The van der Waals surface area contributed by atoms with Crippen molar-refractivity contribution in [1.29, 1.82) is 0 Å². The van der Waals surface area contributed by atoms with Gasteiger partial charge in [-0.2, -0.15) is 0 Å². The average Bonchev–Trinajstić information content (AvgIpc) is 2.94. The Morgan fingerprint density at radius 2 is 2.08 bits per heavy atom. The molecule has 0 fully saturated rings. The van der Waals surface area contributed by atoms with E-state index in [1.807, 2.05) is 45.2 Å². The summed E-state index contributed by atoms with van der Waals surface area (Å²) in [4.78, 5) is 8.61. The van der Waals surface area contributed by atoms with Gasteiger partial charge in [0.2, 0.25) is 5.95 Å². The van der Waals surface area contributed by atoms with Gasteiger partial charge in [0.05, 0.1) is 12.7 Å². The maximum Gasteiger partial charge on any atom is 0.227 e. The highest BCUT2D eigenvalue weighted by atomic mass is 15.4. The second-order valence-corrected chi connectivity index (χ2v) is 5.99. The van der Waals surface area contributed by atoms with Gasteiger partial charge < -0.3 is 5.32 Å². The van der Waals surface area contributed by atoms with E-state index in [4.69, 9.17) is 0 Å². The molecule has 6 heteroatoms. The van der Waals surface area contributed by atoms with E-state index in [2.05, 4.69) is 38.2 Å². The lowest BCUT2D eigenvalue weighted by molar-refractivity contribution is 0.643. The average molecular weight is 320 g/mol. The number of rotatable bonds is 5. The van der Waals surface area contributed by atoms with Gasteiger partial charge in [-0.25, -0.2) is 14.6 Å². The first-order valence-corrected chi connectivity index (χ1v) is 7.73. The molecule has 0 aliphatic carbocycles. The van der Waals surface area contributed by atoms with Crippen LogP contribution >= 0.6 is 0 Å². The molecule has 1 N–H and O–H groups in total. The van der Waals surface area contributed by atoms with Crippen molar-refractivity contribution in [2.75, 3.05) is 5.32 Å². The minimum absolute atomic E-state index is 0.581. The third kappa shape index (κ3) is 3.84. The van der Waals surface area contributed by atoms with Crippen LogP contribution in [0.25, 0.3) is 11.3 Å². The normalized spacial score (nSPS) is 10.6. The van der Waals surface area contributed by atoms with Crippen LogP contribution < -0.4 is 5.32 Å². The zero-order valence-electron chi connectivity index (χ0n) is 14.1. The number of nitrogens with zero attached hydrogens (tertiary/aromatic N) is 5. The van der Waals surface area contributed by atoms with Crippen molar-refractivity contribution < 1.29 is 0 Å². The lowest BCUT2D eigenvalue weighted by Crippen LogP contribution is -1.98. The van der Waals surface area contributed by atoms with Crippen LogP contribution in [0.1, 0.15) is 18.2 Å². The summed E-state index contributed by atoms with van der Waals surface area (Å²) in [6.07, 6.45) is 3.67. The molecule has 0 amide bonds. The fourth-order valence-electron chi connectivity index (χ4n) is 2.43. The predicted molar refractivity (Wildman–Crippen MR) is 95.1 cm³/mol. The molecule has 2 aromatic heterocycles. The van der Waals surface area contributed by atoms with Crippen LogP contribution in [0.5, 0.6) is 0 Å². The first kappa shape index (κ1) is 15.9. The number of allylic oxidation sites excluding steroid dienone is 1. The molecule has 2 heterocycles. The smallest absolute Gasteiger partial charge is 0.227 e. The number of aryl methyl sites for hydroxylation is 2. The van der Waals surface area contributed by atoms with E-state index in [9.17, 15) is 0 Å². The van der Waals surface area contributed by atoms with E-state index in [0.717, 1.165) is 33.8 Å². The van der Waals surface area contributed by atoms with Gasteiger partial charge in [0.15, 0.2) is 0 Å². The van der Waals surface area contributed by atoms with Crippen molar-refractivity contribution in [3.05, 3.63) is 60.1 Å². The Morgan fingerprint density at radius 1 is 1.25 bits per heavy atom. The molecule has 3 rings (SSSR count). The minimum atomic E-state index is 0.581. The Kier molecular flexibility index (Phi) is 4.37. The summed E-state index contributed by atoms with van der Waals surface area (Å²) in [6.45, 7) is 10.5. The number of nitrogens with one attached hydrogen (secondary N) is 1. The monoisotopic (exact) mass is 320 g/mol. The molecule has 6 nitrogen and oxygen atoms in total. The molecule has 24 heavy (non-hydrogen) atoms. The minimum Gasteiger partial charge on any atom is -0.324 e. The van der Waals surface area contributed by atoms with Crippen LogP contribution in [-0.4, -0.2) is 25.0 Å². The Labute approximate surface area is 141 Å². The SMILES string of the molecule is C=C(C)Cn1cc(-c2cc(C)cc(Nc3nccc(C)n3)c2)nn1.